The van der Waals surface area contributed by atoms with Crippen molar-refractivity contribution in [3.8, 4) is 6.07 Å². The van der Waals surface area contributed by atoms with Gasteiger partial charge in [-0.05, 0) is 12.1 Å². The van der Waals surface area contributed by atoms with Crippen LogP contribution < -0.4 is 17.0 Å². The van der Waals surface area contributed by atoms with Crippen LogP contribution in [0.2, 0.25) is 0 Å². The van der Waals surface area contributed by atoms with E-state index in [-0.39, 0.29) is 17.0 Å². The molecule has 0 spiro atoms. The van der Waals surface area contributed by atoms with E-state index < -0.39 is 0 Å². The van der Waals surface area contributed by atoms with E-state index in [2.05, 4.69) is 27.2 Å². The third kappa shape index (κ3) is 4.40. The molecule has 76 valence electrons. The van der Waals surface area contributed by atoms with Gasteiger partial charge in [-0.25, -0.2) is 0 Å². The molecule has 0 radical (unpaired) electrons. The Morgan fingerprint density at radius 3 is 2.00 bits per heavy atom. The first-order chi connectivity index (χ1) is 6.01. The maximum Gasteiger partial charge on any atom is 0.104 e. The van der Waals surface area contributed by atoms with E-state index in [1.165, 1.54) is 5.56 Å². The Labute approximate surface area is 96.1 Å². The van der Waals surface area contributed by atoms with E-state index in [0.717, 1.165) is 16.6 Å². The van der Waals surface area contributed by atoms with E-state index >= 15 is 0 Å². The fraction of sp³-hybridized carbons (Fsp3) is 0.364. The number of benzene rings is 1. The standard InChI is InChI=1S/C11H15N2.BrH/c1-13(2,3)9-11-6-4-10(8-12)5-7-11;/h4-7H,9H2,1-3H3;1H/q+1;/p-1. The summed E-state index contributed by atoms with van der Waals surface area (Å²) in [4.78, 5) is 0. The zero-order chi connectivity index (χ0) is 9.90. The molecule has 0 atom stereocenters. The van der Waals surface area contributed by atoms with Crippen LogP contribution >= 0.6 is 0 Å². The molecule has 0 amide bonds. The molecule has 0 saturated heterocycles. The molecule has 0 aromatic heterocycles. The summed E-state index contributed by atoms with van der Waals surface area (Å²) in [6.07, 6.45) is 0. The zero-order valence-corrected chi connectivity index (χ0v) is 10.4. The first-order valence-corrected chi connectivity index (χ1v) is 4.31. The van der Waals surface area contributed by atoms with Crippen LogP contribution in [-0.2, 0) is 6.54 Å². The summed E-state index contributed by atoms with van der Waals surface area (Å²) < 4.78 is 0.909. The van der Waals surface area contributed by atoms with Gasteiger partial charge in [0.05, 0.1) is 32.8 Å². The van der Waals surface area contributed by atoms with Crippen LogP contribution in [-0.4, -0.2) is 25.6 Å². The van der Waals surface area contributed by atoms with Gasteiger partial charge >= 0.3 is 0 Å². The van der Waals surface area contributed by atoms with E-state index in [4.69, 9.17) is 5.26 Å². The monoisotopic (exact) mass is 254 g/mol. The molecule has 0 aliphatic rings. The van der Waals surface area contributed by atoms with Crippen molar-refractivity contribution in [3.05, 3.63) is 35.4 Å². The van der Waals surface area contributed by atoms with Crippen LogP contribution in [0, 0.1) is 11.3 Å². The fourth-order valence-electron chi connectivity index (χ4n) is 1.23. The molecular formula is C11H15BrN2. The van der Waals surface area contributed by atoms with Crippen LogP contribution in [0.4, 0.5) is 0 Å². The van der Waals surface area contributed by atoms with Gasteiger partial charge in [-0.15, -0.1) is 0 Å². The summed E-state index contributed by atoms with van der Waals surface area (Å²) in [7, 11) is 6.45. The van der Waals surface area contributed by atoms with Crippen molar-refractivity contribution in [3.63, 3.8) is 0 Å². The second kappa shape index (κ2) is 5.14. The molecule has 1 aromatic carbocycles. The molecule has 3 heteroatoms. The first kappa shape index (κ1) is 13.2. The molecular weight excluding hydrogens is 240 g/mol. The van der Waals surface area contributed by atoms with Crippen LogP contribution in [0.3, 0.4) is 0 Å². The van der Waals surface area contributed by atoms with E-state index in [0.29, 0.717) is 0 Å². The molecule has 0 N–H and O–H groups in total. The smallest absolute Gasteiger partial charge is 0.104 e. The average molecular weight is 255 g/mol. The van der Waals surface area contributed by atoms with Gasteiger partial charge in [-0.3, -0.25) is 0 Å². The lowest BCUT2D eigenvalue weighted by molar-refractivity contribution is -0.884. The second-order valence-electron chi connectivity index (χ2n) is 4.26. The SMILES string of the molecule is C[N+](C)(C)Cc1ccc(C#N)cc1.[Br-]. The number of rotatable bonds is 2. The molecule has 0 aliphatic heterocycles. The minimum Gasteiger partial charge on any atom is -1.00 e. The molecule has 0 aliphatic carbocycles. The van der Waals surface area contributed by atoms with Gasteiger partial charge < -0.3 is 21.5 Å². The van der Waals surface area contributed by atoms with E-state index in [1.54, 1.807) is 0 Å². The Balaban J connectivity index is 0.00000169. The number of nitriles is 1. The highest BCUT2D eigenvalue weighted by Gasteiger charge is 2.07. The fourth-order valence-corrected chi connectivity index (χ4v) is 1.23. The number of hydrogen-bond donors (Lipinski definition) is 0. The lowest BCUT2D eigenvalue weighted by atomic mass is 10.1. The second-order valence-corrected chi connectivity index (χ2v) is 4.26. The molecule has 14 heavy (non-hydrogen) atoms. The van der Waals surface area contributed by atoms with E-state index in [1.807, 2.05) is 24.3 Å². The average Bonchev–Trinajstić information content (AvgIpc) is 2.03. The minimum absolute atomic E-state index is 0. The molecule has 0 heterocycles. The molecule has 0 unspecified atom stereocenters. The van der Waals surface area contributed by atoms with Crippen LogP contribution in [0.5, 0.6) is 0 Å². The number of halogens is 1. The van der Waals surface area contributed by atoms with Crippen LogP contribution in [0.1, 0.15) is 11.1 Å². The summed E-state index contributed by atoms with van der Waals surface area (Å²) in [5, 5.41) is 8.61. The van der Waals surface area contributed by atoms with Crippen molar-refractivity contribution in [1.29, 1.82) is 5.26 Å². The Hall–Kier alpha value is -0.850. The highest BCUT2D eigenvalue weighted by atomic mass is 79.9. The molecule has 1 aromatic rings. The Morgan fingerprint density at radius 2 is 1.64 bits per heavy atom. The third-order valence-electron chi connectivity index (χ3n) is 1.74. The molecule has 0 bridgehead atoms. The quantitative estimate of drug-likeness (QED) is 0.607. The number of nitrogens with zero attached hydrogens (tertiary/aromatic N) is 2. The lowest BCUT2D eigenvalue weighted by Crippen LogP contribution is -3.00. The maximum atomic E-state index is 8.61. The summed E-state index contributed by atoms with van der Waals surface area (Å²) in [6.45, 7) is 0.992. The molecule has 2 nitrogen and oxygen atoms in total. The van der Waals surface area contributed by atoms with Crippen LogP contribution in [0.15, 0.2) is 24.3 Å². The van der Waals surface area contributed by atoms with Gasteiger partial charge in [-0.2, -0.15) is 5.26 Å². The van der Waals surface area contributed by atoms with Gasteiger partial charge in [-0.1, -0.05) is 12.1 Å². The lowest BCUT2D eigenvalue weighted by Gasteiger charge is -2.23. The molecule has 0 fully saturated rings. The van der Waals surface area contributed by atoms with Gasteiger partial charge in [0.15, 0.2) is 0 Å². The summed E-state index contributed by atoms with van der Waals surface area (Å²) in [5.74, 6) is 0. The van der Waals surface area contributed by atoms with Crippen molar-refractivity contribution >= 4 is 0 Å². The molecule has 0 saturated carbocycles. The predicted octanol–water partition coefficient (Wildman–Crippen LogP) is -1.23. The zero-order valence-electron chi connectivity index (χ0n) is 8.79. The van der Waals surface area contributed by atoms with Gasteiger partial charge in [0, 0.05) is 5.56 Å². The third-order valence-corrected chi connectivity index (χ3v) is 1.74. The first-order valence-electron chi connectivity index (χ1n) is 4.31. The summed E-state index contributed by atoms with van der Waals surface area (Å²) >= 11 is 0. The largest absolute Gasteiger partial charge is 1.00 e. The van der Waals surface area contributed by atoms with E-state index in [9.17, 15) is 0 Å². The van der Waals surface area contributed by atoms with Crippen molar-refractivity contribution in [2.45, 2.75) is 6.54 Å². The van der Waals surface area contributed by atoms with Gasteiger partial charge in [0.25, 0.3) is 0 Å². The van der Waals surface area contributed by atoms with Crippen molar-refractivity contribution in [2.24, 2.45) is 0 Å². The Bertz CT molecular complexity index is 317. The Kier molecular flexibility index (Phi) is 4.82. The maximum absolute atomic E-state index is 8.61. The van der Waals surface area contributed by atoms with Gasteiger partial charge in [0.1, 0.15) is 6.54 Å². The van der Waals surface area contributed by atoms with Crippen molar-refractivity contribution in [1.82, 2.24) is 0 Å². The summed E-state index contributed by atoms with van der Waals surface area (Å²) in [6, 6.07) is 9.88. The molecule has 1 rings (SSSR count). The number of quaternary nitrogens is 1. The topological polar surface area (TPSA) is 23.8 Å². The van der Waals surface area contributed by atoms with Gasteiger partial charge in [0.2, 0.25) is 0 Å². The highest BCUT2D eigenvalue weighted by Crippen LogP contribution is 2.08. The van der Waals surface area contributed by atoms with Crippen molar-refractivity contribution < 1.29 is 21.5 Å². The normalized spacial score (nSPS) is 10.1. The summed E-state index contributed by atoms with van der Waals surface area (Å²) in [5.41, 5.74) is 2.00. The predicted molar refractivity (Wildman–Crippen MR) is 52.9 cm³/mol. The van der Waals surface area contributed by atoms with Crippen molar-refractivity contribution in [2.75, 3.05) is 21.1 Å². The Morgan fingerprint density at radius 1 is 1.14 bits per heavy atom. The highest BCUT2D eigenvalue weighted by molar-refractivity contribution is 5.31. The van der Waals surface area contributed by atoms with Crippen LogP contribution in [0.25, 0.3) is 0 Å². The number of hydrogen-bond acceptors (Lipinski definition) is 1. The minimum atomic E-state index is 0.